The molecule has 0 aliphatic heterocycles. The van der Waals surface area contributed by atoms with Crippen LogP contribution in [0.1, 0.15) is 34.6 Å². The Hall–Kier alpha value is -2.05. The van der Waals surface area contributed by atoms with Gasteiger partial charge in [-0.15, -0.1) is 0 Å². The summed E-state index contributed by atoms with van der Waals surface area (Å²) in [5, 5.41) is 0. The number of carbonyl (C=O) groups is 2. The Bertz CT molecular complexity index is 510. The molecule has 0 spiro atoms. The minimum atomic E-state index is -4.46. The maximum atomic E-state index is 12.5. The Morgan fingerprint density at radius 2 is 1.62 bits per heavy atom. The van der Waals surface area contributed by atoms with Crippen molar-refractivity contribution in [2.24, 2.45) is 11.7 Å². The first-order valence-corrected chi connectivity index (χ1v) is 6.36. The van der Waals surface area contributed by atoms with Crippen LogP contribution in [0.25, 0.3) is 0 Å². The van der Waals surface area contributed by atoms with Crippen molar-refractivity contribution in [3.63, 3.8) is 0 Å². The topological polar surface area (TPSA) is 63.4 Å². The zero-order valence-electron chi connectivity index (χ0n) is 11.8. The summed E-state index contributed by atoms with van der Waals surface area (Å²) in [6.45, 7) is 2.15. The van der Waals surface area contributed by atoms with E-state index in [4.69, 9.17) is 5.73 Å². The van der Waals surface area contributed by atoms with Crippen molar-refractivity contribution in [2.45, 2.75) is 20.0 Å². The first-order valence-electron chi connectivity index (χ1n) is 6.36. The Morgan fingerprint density at radius 3 is 2.00 bits per heavy atom. The van der Waals surface area contributed by atoms with E-state index in [1.165, 1.54) is 24.3 Å². The zero-order chi connectivity index (χ0) is 16.2. The average molecular weight is 302 g/mol. The van der Waals surface area contributed by atoms with Gasteiger partial charge in [0.2, 0.25) is 5.91 Å². The standard InChI is InChI=1S/C14H17F3N2O2/c1-9(2)7-19(8-14(15,16)17)13(21)11-5-3-10(4-6-11)12(18)20/h3-6,9H,7-8H2,1-2H3,(H2,18,20). The summed E-state index contributed by atoms with van der Waals surface area (Å²) in [5.41, 5.74) is 5.35. The second kappa shape index (κ2) is 6.60. The Balaban J connectivity index is 2.96. The molecule has 0 saturated heterocycles. The van der Waals surface area contributed by atoms with Gasteiger partial charge in [-0.1, -0.05) is 13.8 Å². The lowest BCUT2D eigenvalue weighted by atomic mass is 10.1. The van der Waals surface area contributed by atoms with Crippen LogP contribution in [-0.2, 0) is 0 Å². The predicted molar refractivity (Wildman–Crippen MR) is 71.8 cm³/mol. The molecule has 0 bridgehead atoms. The van der Waals surface area contributed by atoms with E-state index in [1.54, 1.807) is 13.8 Å². The molecule has 0 unspecified atom stereocenters. The maximum absolute atomic E-state index is 12.5. The number of nitrogens with zero attached hydrogens (tertiary/aromatic N) is 1. The number of nitrogens with two attached hydrogens (primary N) is 1. The monoisotopic (exact) mass is 302 g/mol. The molecule has 0 heterocycles. The predicted octanol–water partition coefficient (Wildman–Crippen LogP) is 2.45. The molecule has 116 valence electrons. The molecule has 7 heteroatoms. The smallest absolute Gasteiger partial charge is 0.366 e. The van der Waals surface area contributed by atoms with Crippen molar-refractivity contribution in [1.29, 1.82) is 0 Å². The van der Waals surface area contributed by atoms with Crippen molar-refractivity contribution in [3.05, 3.63) is 35.4 Å². The minimum Gasteiger partial charge on any atom is -0.366 e. The molecule has 1 rings (SSSR count). The van der Waals surface area contributed by atoms with Crippen LogP contribution in [0, 0.1) is 5.92 Å². The van der Waals surface area contributed by atoms with E-state index in [2.05, 4.69) is 0 Å². The molecule has 0 aromatic heterocycles. The van der Waals surface area contributed by atoms with Crippen LogP contribution in [0.5, 0.6) is 0 Å². The fourth-order valence-corrected chi connectivity index (χ4v) is 1.84. The highest BCUT2D eigenvalue weighted by atomic mass is 19.4. The normalized spacial score (nSPS) is 11.5. The van der Waals surface area contributed by atoms with Gasteiger partial charge in [0.1, 0.15) is 6.54 Å². The third kappa shape index (κ3) is 5.45. The summed E-state index contributed by atoms with van der Waals surface area (Å²) >= 11 is 0. The lowest BCUT2D eigenvalue weighted by Crippen LogP contribution is -2.41. The molecular formula is C14H17F3N2O2. The number of alkyl halides is 3. The fraction of sp³-hybridized carbons (Fsp3) is 0.429. The molecule has 2 amide bonds. The highest BCUT2D eigenvalue weighted by molar-refractivity contribution is 5.97. The second-order valence-electron chi connectivity index (χ2n) is 5.14. The Morgan fingerprint density at radius 1 is 1.14 bits per heavy atom. The van der Waals surface area contributed by atoms with E-state index in [9.17, 15) is 22.8 Å². The number of hydrogen-bond acceptors (Lipinski definition) is 2. The van der Waals surface area contributed by atoms with Gasteiger partial charge in [0.25, 0.3) is 5.91 Å². The van der Waals surface area contributed by atoms with Crippen LogP contribution in [0.3, 0.4) is 0 Å². The molecule has 0 aliphatic rings. The van der Waals surface area contributed by atoms with Crippen LogP contribution < -0.4 is 5.73 Å². The second-order valence-corrected chi connectivity index (χ2v) is 5.14. The summed E-state index contributed by atoms with van der Waals surface area (Å²) in [6, 6.07) is 5.23. The molecule has 0 radical (unpaired) electrons. The molecule has 21 heavy (non-hydrogen) atoms. The summed E-state index contributed by atoms with van der Waals surface area (Å²) in [4.78, 5) is 23.8. The molecule has 0 saturated carbocycles. The van der Waals surface area contributed by atoms with Crippen LogP contribution in [0.15, 0.2) is 24.3 Å². The quantitative estimate of drug-likeness (QED) is 0.908. The van der Waals surface area contributed by atoms with Gasteiger partial charge < -0.3 is 10.6 Å². The van der Waals surface area contributed by atoms with Gasteiger partial charge in [0, 0.05) is 17.7 Å². The van der Waals surface area contributed by atoms with Gasteiger partial charge in [-0.05, 0) is 30.2 Å². The van der Waals surface area contributed by atoms with E-state index in [0.29, 0.717) is 0 Å². The summed E-state index contributed by atoms with van der Waals surface area (Å²) < 4.78 is 37.6. The van der Waals surface area contributed by atoms with Crippen LogP contribution in [0.2, 0.25) is 0 Å². The van der Waals surface area contributed by atoms with Gasteiger partial charge in [-0.25, -0.2) is 0 Å². The highest BCUT2D eigenvalue weighted by Crippen LogP contribution is 2.19. The molecule has 1 aromatic carbocycles. The number of carbonyl (C=O) groups excluding carboxylic acids is 2. The molecule has 1 aromatic rings. The third-order valence-corrected chi connectivity index (χ3v) is 2.66. The Labute approximate surface area is 120 Å². The number of amides is 2. The van der Waals surface area contributed by atoms with E-state index in [0.717, 1.165) is 4.90 Å². The molecule has 0 fully saturated rings. The van der Waals surface area contributed by atoms with Crippen molar-refractivity contribution in [1.82, 2.24) is 4.90 Å². The van der Waals surface area contributed by atoms with Crippen LogP contribution in [0.4, 0.5) is 13.2 Å². The minimum absolute atomic E-state index is 0.00405. The third-order valence-electron chi connectivity index (χ3n) is 2.66. The number of halogens is 3. The first-order chi connectivity index (χ1) is 9.60. The molecule has 0 atom stereocenters. The molecule has 4 nitrogen and oxygen atoms in total. The highest BCUT2D eigenvalue weighted by Gasteiger charge is 2.33. The van der Waals surface area contributed by atoms with Gasteiger partial charge in [-0.3, -0.25) is 9.59 Å². The van der Waals surface area contributed by atoms with Crippen molar-refractivity contribution in [2.75, 3.05) is 13.1 Å². The SMILES string of the molecule is CC(C)CN(CC(F)(F)F)C(=O)c1ccc(C(N)=O)cc1. The van der Waals surface area contributed by atoms with Gasteiger partial charge in [0.15, 0.2) is 0 Å². The van der Waals surface area contributed by atoms with E-state index >= 15 is 0 Å². The molecule has 2 N–H and O–H groups in total. The first kappa shape index (κ1) is 17.0. The van der Waals surface area contributed by atoms with Crippen molar-refractivity contribution < 1.29 is 22.8 Å². The fourth-order valence-electron chi connectivity index (χ4n) is 1.84. The van der Waals surface area contributed by atoms with Gasteiger partial charge in [-0.2, -0.15) is 13.2 Å². The summed E-state index contributed by atoms with van der Waals surface area (Å²) in [7, 11) is 0. The average Bonchev–Trinajstić information content (AvgIpc) is 2.35. The summed E-state index contributed by atoms with van der Waals surface area (Å²) in [6.07, 6.45) is -4.46. The van der Waals surface area contributed by atoms with Crippen LogP contribution >= 0.6 is 0 Å². The number of primary amides is 1. The molecule has 0 aliphatic carbocycles. The lowest BCUT2D eigenvalue weighted by molar-refractivity contribution is -0.141. The lowest BCUT2D eigenvalue weighted by Gasteiger charge is -2.25. The Kier molecular flexibility index (Phi) is 5.34. The van der Waals surface area contributed by atoms with Gasteiger partial charge in [0.05, 0.1) is 0 Å². The van der Waals surface area contributed by atoms with E-state index < -0.39 is 24.5 Å². The largest absolute Gasteiger partial charge is 0.406 e. The molecular weight excluding hydrogens is 285 g/mol. The van der Waals surface area contributed by atoms with Crippen molar-refractivity contribution in [3.8, 4) is 0 Å². The van der Waals surface area contributed by atoms with E-state index in [1.807, 2.05) is 0 Å². The van der Waals surface area contributed by atoms with Gasteiger partial charge >= 0.3 is 6.18 Å². The van der Waals surface area contributed by atoms with Crippen LogP contribution in [-0.4, -0.2) is 36.0 Å². The number of rotatable bonds is 5. The van der Waals surface area contributed by atoms with E-state index in [-0.39, 0.29) is 23.6 Å². The number of benzene rings is 1. The summed E-state index contributed by atoms with van der Waals surface area (Å²) in [5.74, 6) is -1.48. The zero-order valence-corrected chi connectivity index (χ0v) is 11.8. The maximum Gasteiger partial charge on any atom is 0.406 e. The van der Waals surface area contributed by atoms with Crippen molar-refractivity contribution >= 4 is 11.8 Å². The number of hydrogen-bond donors (Lipinski definition) is 1.